The number of amides is 1. The lowest BCUT2D eigenvalue weighted by atomic mass is 10.2. The minimum atomic E-state index is -1.13. The first-order valence-electron chi connectivity index (χ1n) is 17.3. The van der Waals surface area contributed by atoms with Crippen LogP contribution in [0.4, 0.5) is 17.1 Å². The highest BCUT2D eigenvalue weighted by Crippen LogP contribution is 2.28. The van der Waals surface area contributed by atoms with Crippen LogP contribution in [0.3, 0.4) is 0 Å². The number of nitrogens with one attached hydrogen (secondary N) is 2. The molecule has 0 aromatic heterocycles. The van der Waals surface area contributed by atoms with Gasteiger partial charge < -0.3 is 67.8 Å². The van der Waals surface area contributed by atoms with Gasteiger partial charge in [0.2, 0.25) is 5.91 Å². The third-order valence-corrected chi connectivity index (χ3v) is 6.33. The van der Waals surface area contributed by atoms with E-state index in [1.54, 1.807) is 0 Å². The normalized spacial score (nSPS) is 11.1. The maximum absolute atomic E-state index is 11.4. The second kappa shape index (κ2) is 35.0. The van der Waals surface area contributed by atoms with Gasteiger partial charge in [-0.2, -0.15) is 0 Å². The first-order valence-corrected chi connectivity index (χ1v) is 17.3. The number of carboxylic acids is 1. The van der Waals surface area contributed by atoms with Crippen LogP contribution in [0.15, 0.2) is 18.2 Å². The number of hydrogen-bond donors (Lipinski definition) is 3. The zero-order valence-corrected chi connectivity index (χ0v) is 30.5. The molecular formula is C32H54N4O18. The number of anilines is 1. The van der Waals surface area contributed by atoms with Gasteiger partial charge in [0.15, 0.2) is 0 Å². The number of carbonyl (C=O) groups excluding carboxylic acids is 1. The Morgan fingerprint density at radius 3 is 1.24 bits per heavy atom. The molecule has 0 saturated heterocycles. The van der Waals surface area contributed by atoms with E-state index in [1.807, 2.05) is 0 Å². The van der Waals surface area contributed by atoms with E-state index in [2.05, 4.69) is 15.4 Å². The fourth-order valence-corrected chi connectivity index (χ4v) is 3.82. The van der Waals surface area contributed by atoms with Crippen molar-refractivity contribution in [3.8, 4) is 0 Å². The molecule has 0 spiro atoms. The summed E-state index contributed by atoms with van der Waals surface area (Å²) in [6, 6.07) is 3.40. The Morgan fingerprint density at radius 1 is 0.519 bits per heavy atom. The summed E-state index contributed by atoms with van der Waals surface area (Å²) in [7, 11) is 0. The summed E-state index contributed by atoms with van der Waals surface area (Å²) >= 11 is 0. The van der Waals surface area contributed by atoms with Crippen molar-refractivity contribution in [2.24, 2.45) is 0 Å². The van der Waals surface area contributed by atoms with Gasteiger partial charge >= 0.3 is 5.97 Å². The van der Waals surface area contributed by atoms with Crippen molar-refractivity contribution >= 4 is 28.9 Å². The zero-order chi connectivity index (χ0) is 39.3. The number of nitro groups is 2. The molecule has 0 bridgehead atoms. The molecular weight excluding hydrogens is 728 g/mol. The number of carbonyl (C=O) groups is 2. The highest BCUT2D eigenvalue weighted by atomic mass is 16.6. The molecule has 0 aliphatic carbocycles. The van der Waals surface area contributed by atoms with Crippen LogP contribution in [0.5, 0.6) is 0 Å². The first-order chi connectivity index (χ1) is 26.3. The number of carboxylic acid groups (broad SMARTS) is 1. The maximum Gasteiger partial charge on any atom is 0.329 e. The second-order valence-electron chi connectivity index (χ2n) is 10.5. The minimum absolute atomic E-state index is 0.176. The number of non-ortho nitro benzene ring substituents is 1. The Labute approximate surface area is 313 Å². The number of aliphatic carboxylic acids is 1. The van der Waals surface area contributed by atoms with Crippen molar-refractivity contribution in [3.05, 3.63) is 38.4 Å². The average Bonchev–Trinajstić information content (AvgIpc) is 3.14. The zero-order valence-electron chi connectivity index (χ0n) is 30.5. The van der Waals surface area contributed by atoms with Crippen molar-refractivity contribution in [3.63, 3.8) is 0 Å². The second-order valence-corrected chi connectivity index (χ2v) is 10.5. The molecule has 1 rings (SSSR count). The molecule has 1 amide bonds. The highest BCUT2D eigenvalue weighted by Gasteiger charge is 2.19. The Morgan fingerprint density at radius 2 is 0.889 bits per heavy atom. The van der Waals surface area contributed by atoms with Gasteiger partial charge in [-0.25, -0.2) is 4.79 Å². The fraction of sp³-hybridized carbons (Fsp3) is 0.750. The first kappa shape index (κ1) is 48.3. The summed E-state index contributed by atoms with van der Waals surface area (Å²) in [6.07, 6.45) is 0. The molecule has 0 fully saturated rings. The van der Waals surface area contributed by atoms with Gasteiger partial charge in [0.05, 0.1) is 148 Å². The summed E-state index contributed by atoms with van der Waals surface area (Å²) in [4.78, 5) is 42.2. The van der Waals surface area contributed by atoms with E-state index in [4.69, 9.17) is 52.5 Å². The van der Waals surface area contributed by atoms with Crippen LogP contribution in [0, 0.1) is 20.2 Å². The van der Waals surface area contributed by atoms with Crippen molar-refractivity contribution in [2.45, 2.75) is 0 Å². The topological polar surface area (TPSA) is 266 Å². The number of hydrogen-bond acceptors (Lipinski definition) is 18. The van der Waals surface area contributed by atoms with Gasteiger partial charge in [-0.3, -0.25) is 25.0 Å². The number of nitro benzene ring substituents is 2. The lowest BCUT2D eigenvalue weighted by Crippen LogP contribution is -2.31. The smallest absolute Gasteiger partial charge is 0.329 e. The standard InChI is InChI=1S/C32H54N4O18/c37-31(26-54-27-32(38)39)34-4-6-45-8-10-47-12-14-49-16-18-51-20-22-53-24-23-52-21-19-50-17-15-48-13-11-46-9-7-44-5-3-33-29-2-1-28(35(40)41)25-30(29)36(42)43/h1-2,25,33H,3-24,26-27H2,(H,34,37)(H,38,39). The Bertz CT molecular complexity index is 1140. The lowest BCUT2D eigenvalue weighted by molar-refractivity contribution is -0.393. The molecule has 310 valence electrons. The van der Waals surface area contributed by atoms with Crippen molar-refractivity contribution < 1.29 is 76.6 Å². The third-order valence-electron chi connectivity index (χ3n) is 6.33. The molecule has 22 nitrogen and oxygen atoms in total. The number of benzene rings is 1. The molecule has 22 heteroatoms. The van der Waals surface area contributed by atoms with Gasteiger partial charge in [0.25, 0.3) is 11.4 Å². The number of nitrogens with zero attached hydrogens (tertiary/aromatic N) is 2. The van der Waals surface area contributed by atoms with Gasteiger partial charge in [-0.1, -0.05) is 0 Å². The molecule has 1 aromatic rings. The lowest BCUT2D eigenvalue weighted by Gasteiger charge is -2.09. The summed E-state index contributed by atoms with van der Waals surface area (Å²) in [5.74, 6) is -1.54. The summed E-state index contributed by atoms with van der Waals surface area (Å²) in [5.41, 5.74) is -0.552. The van der Waals surface area contributed by atoms with Crippen LogP contribution in [0.1, 0.15) is 0 Å². The van der Waals surface area contributed by atoms with Gasteiger partial charge in [0.1, 0.15) is 18.9 Å². The third kappa shape index (κ3) is 29.7. The maximum atomic E-state index is 11.4. The van der Waals surface area contributed by atoms with Gasteiger partial charge in [-0.15, -0.1) is 0 Å². The molecule has 1 aromatic carbocycles. The Kier molecular flexibility index (Phi) is 31.4. The predicted octanol–water partition coefficient (Wildman–Crippen LogP) is 0.298. The van der Waals surface area contributed by atoms with Gasteiger partial charge in [0, 0.05) is 19.2 Å². The van der Waals surface area contributed by atoms with Crippen molar-refractivity contribution in [2.75, 3.05) is 164 Å². The minimum Gasteiger partial charge on any atom is -0.480 e. The molecule has 0 aliphatic heterocycles. The van der Waals surface area contributed by atoms with Crippen molar-refractivity contribution in [1.29, 1.82) is 0 Å². The van der Waals surface area contributed by atoms with Crippen LogP contribution in [-0.4, -0.2) is 185 Å². The number of ether oxygens (including phenoxy) is 11. The molecule has 3 N–H and O–H groups in total. The van der Waals surface area contributed by atoms with E-state index >= 15 is 0 Å². The van der Waals surface area contributed by atoms with E-state index < -0.39 is 28.3 Å². The quantitative estimate of drug-likeness (QED) is 0.0459. The molecule has 0 heterocycles. The molecule has 0 atom stereocenters. The van der Waals surface area contributed by atoms with Gasteiger partial charge in [-0.05, 0) is 6.07 Å². The molecule has 0 unspecified atom stereocenters. The fourth-order valence-electron chi connectivity index (χ4n) is 3.82. The molecule has 0 saturated carbocycles. The van der Waals surface area contributed by atoms with E-state index in [-0.39, 0.29) is 43.4 Å². The summed E-state index contributed by atoms with van der Waals surface area (Å²) in [6.45, 7) is 7.69. The Balaban J connectivity index is 1.71. The van der Waals surface area contributed by atoms with E-state index in [1.165, 1.54) is 12.1 Å². The average molecular weight is 783 g/mol. The van der Waals surface area contributed by atoms with E-state index in [0.29, 0.717) is 126 Å². The summed E-state index contributed by atoms with van der Waals surface area (Å²) in [5, 5.41) is 35.8. The van der Waals surface area contributed by atoms with Crippen LogP contribution < -0.4 is 10.6 Å². The van der Waals surface area contributed by atoms with Crippen LogP contribution >= 0.6 is 0 Å². The predicted molar refractivity (Wildman–Crippen MR) is 188 cm³/mol. The van der Waals surface area contributed by atoms with Crippen LogP contribution in [0.25, 0.3) is 0 Å². The molecule has 0 aliphatic rings. The molecule has 54 heavy (non-hydrogen) atoms. The van der Waals surface area contributed by atoms with Crippen LogP contribution in [-0.2, 0) is 61.7 Å². The van der Waals surface area contributed by atoms with E-state index in [0.717, 1.165) is 6.07 Å². The van der Waals surface area contributed by atoms with Crippen LogP contribution in [0.2, 0.25) is 0 Å². The molecule has 0 radical (unpaired) electrons. The number of rotatable bonds is 40. The summed E-state index contributed by atoms with van der Waals surface area (Å²) < 4.78 is 58.8. The monoisotopic (exact) mass is 782 g/mol. The Hall–Kier alpha value is -3.68. The highest BCUT2D eigenvalue weighted by molar-refractivity contribution is 5.77. The van der Waals surface area contributed by atoms with Crippen molar-refractivity contribution in [1.82, 2.24) is 5.32 Å². The largest absolute Gasteiger partial charge is 0.480 e. The van der Waals surface area contributed by atoms with E-state index in [9.17, 15) is 29.8 Å². The SMILES string of the molecule is O=C(O)COCC(=O)NCCOCCOCCOCCOCCOCCOCCOCCOCCOCCOCCNc1ccc([N+](=O)[O-])cc1[N+](=O)[O-].